The summed E-state index contributed by atoms with van der Waals surface area (Å²) in [6.07, 6.45) is 4.79. The van der Waals surface area contributed by atoms with Gasteiger partial charge < -0.3 is 19.4 Å². The molecule has 0 atom stereocenters. The van der Waals surface area contributed by atoms with Gasteiger partial charge in [-0.1, -0.05) is 11.6 Å². The lowest BCUT2D eigenvalue weighted by atomic mass is 10.0. The summed E-state index contributed by atoms with van der Waals surface area (Å²) in [6, 6.07) is 5.84. The highest BCUT2D eigenvalue weighted by Crippen LogP contribution is 2.32. The smallest absolute Gasteiger partial charge is 0.257 e. The maximum absolute atomic E-state index is 12.3. The number of anilines is 1. The predicted octanol–water partition coefficient (Wildman–Crippen LogP) is 3.97. The van der Waals surface area contributed by atoms with Crippen molar-refractivity contribution in [2.45, 2.75) is 25.8 Å². The lowest BCUT2D eigenvalue weighted by molar-refractivity contribution is 0.0717. The van der Waals surface area contributed by atoms with Crippen molar-refractivity contribution in [3.8, 4) is 5.75 Å². The Bertz CT molecular complexity index is 707. The molecular weight excluding hydrogens is 328 g/mol. The molecule has 2 aromatic rings. The molecule has 2 heterocycles. The van der Waals surface area contributed by atoms with Gasteiger partial charge in [0.1, 0.15) is 12.0 Å². The number of amides is 1. The van der Waals surface area contributed by atoms with Crippen LogP contribution in [0.15, 0.2) is 35.1 Å². The summed E-state index contributed by atoms with van der Waals surface area (Å²) in [5.41, 5.74) is 2.56. The van der Waals surface area contributed by atoms with E-state index in [0.717, 1.165) is 42.9 Å². The summed E-state index contributed by atoms with van der Waals surface area (Å²) in [7, 11) is 1.64. The molecule has 5 nitrogen and oxygen atoms in total. The van der Waals surface area contributed by atoms with Gasteiger partial charge in [0.15, 0.2) is 0 Å². The molecule has 0 bridgehead atoms. The molecule has 0 spiro atoms. The normalized spacial score (nSPS) is 15.4. The molecule has 0 unspecified atom stereocenters. The largest absolute Gasteiger partial charge is 0.495 e. The van der Waals surface area contributed by atoms with Crippen molar-refractivity contribution in [3.63, 3.8) is 0 Å². The second-order valence-electron chi connectivity index (χ2n) is 6.02. The number of benzene rings is 1. The van der Waals surface area contributed by atoms with E-state index in [9.17, 15) is 4.79 Å². The highest BCUT2D eigenvalue weighted by atomic mass is 35.5. The van der Waals surface area contributed by atoms with Crippen LogP contribution in [0.2, 0.25) is 5.02 Å². The number of ether oxygens (including phenoxy) is 1. The van der Waals surface area contributed by atoms with Crippen LogP contribution in [-0.2, 0) is 0 Å². The molecular formula is C18H21ClN2O3. The number of halogens is 1. The lowest BCUT2D eigenvalue weighted by Gasteiger charge is -2.33. The number of methoxy groups -OCH3 is 1. The molecule has 1 saturated heterocycles. The Balaban J connectivity index is 1.62. The van der Waals surface area contributed by atoms with Crippen LogP contribution in [0.5, 0.6) is 5.75 Å². The number of piperidine rings is 1. The first-order valence-electron chi connectivity index (χ1n) is 8.00. The fourth-order valence-corrected chi connectivity index (χ4v) is 3.11. The number of furan rings is 1. The van der Waals surface area contributed by atoms with Gasteiger partial charge in [-0.15, -0.1) is 0 Å². The topological polar surface area (TPSA) is 54.7 Å². The molecule has 1 aromatic heterocycles. The van der Waals surface area contributed by atoms with Crippen LogP contribution in [0.25, 0.3) is 0 Å². The van der Waals surface area contributed by atoms with Crippen LogP contribution in [0.4, 0.5) is 5.69 Å². The number of carbonyl (C=O) groups is 1. The van der Waals surface area contributed by atoms with E-state index in [1.807, 2.05) is 24.0 Å². The highest BCUT2D eigenvalue weighted by Gasteiger charge is 2.24. The lowest BCUT2D eigenvalue weighted by Crippen LogP contribution is -2.42. The third kappa shape index (κ3) is 3.51. The monoisotopic (exact) mass is 348 g/mol. The van der Waals surface area contributed by atoms with Crippen molar-refractivity contribution in [2.75, 3.05) is 25.5 Å². The SMILES string of the molecule is COc1cc(Cl)c(C)cc1NC1CCN(C(=O)c2ccoc2)CC1. The summed E-state index contributed by atoms with van der Waals surface area (Å²) in [6.45, 7) is 3.41. The molecule has 0 aliphatic carbocycles. The van der Waals surface area contributed by atoms with Crippen molar-refractivity contribution in [1.29, 1.82) is 0 Å². The number of aryl methyl sites for hydroxylation is 1. The molecule has 1 amide bonds. The maximum atomic E-state index is 12.3. The predicted molar refractivity (Wildman–Crippen MR) is 94.0 cm³/mol. The third-order valence-corrected chi connectivity index (χ3v) is 4.80. The second kappa shape index (κ2) is 7.18. The first-order chi connectivity index (χ1) is 11.6. The summed E-state index contributed by atoms with van der Waals surface area (Å²) >= 11 is 6.15. The summed E-state index contributed by atoms with van der Waals surface area (Å²) < 4.78 is 10.4. The maximum Gasteiger partial charge on any atom is 0.257 e. The quantitative estimate of drug-likeness (QED) is 0.908. The van der Waals surface area contributed by atoms with E-state index in [2.05, 4.69) is 5.32 Å². The fraction of sp³-hybridized carbons (Fsp3) is 0.389. The number of carbonyl (C=O) groups excluding carboxylic acids is 1. The first kappa shape index (κ1) is 16.7. The first-order valence-corrected chi connectivity index (χ1v) is 8.38. The van der Waals surface area contributed by atoms with E-state index in [0.29, 0.717) is 16.6 Å². The molecule has 128 valence electrons. The van der Waals surface area contributed by atoms with Crippen LogP contribution in [0.3, 0.4) is 0 Å². The van der Waals surface area contributed by atoms with Crippen LogP contribution in [0, 0.1) is 6.92 Å². The number of nitrogens with one attached hydrogen (secondary N) is 1. The molecule has 1 aliphatic heterocycles. The van der Waals surface area contributed by atoms with E-state index in [1.54, 1.807) is 13.2 Å². The molecule has 1 fully saturated rings. The van der Waals surface area contributed by atoms with Crippen LogP contribution in [-0.4, -0.2) is 37.0 Å². The molecule has 0 radical (unpaired) electrons. The number of likely N-dealkylation sites (tertiary alicyclic amines) is 1. The van der Waals surface area contributed by atoms with E-state index in [-0.39, 0.29) is 5.91 Å². The zero-order valence-corrected chi connectivity index (χ0v) is 14.6. The van der Waals surface area contributed by atoms with Crippen LogP contribution in [0.1, 0.15) is 28.8 Å². The van der Waals surface area contributed by atoms with E-state index < -0.39 is 0 Å². The van der Waals surface area contributed by atoms with E-state index in [4.69, 9.17) is 20.8 Å². The Morgan fingerprint density at radius 2 is 2.12 bits per heavy atom. The van der Waals surface area contributed by atoms with Gasteiger partial charge in [-0.05, 0) is 37.5 Å². The average molecular weight is 349 g/mol. The van der Waals surface area contributed by atoms with E-state index >= 15 is 0 Å². The summed E-state index contributed by atoms with van der Waals surface area (Å²) in [5.74, 6) is 0.768. The average Bonchev–Trinajstić information content (AvgIpc) is 3.12. The minimum Gasteiger partial charge on any atom is -0.495 e. The van der Waals surface area contributed by atoms with Crippen molar-refractivity contribution < 1.29 is 13.9 Å². The van der Waals surface area contributed by atoms with Crippen LogP contribution >= 0.6 is 11.6 Å². The van der Waals surface area contributed by atoms with Gasteiger partial charge in [-0.2, -0.15) is 0 Å². The standard InChI is InChI=1S/C18H21ClN2O3/c1-12-9-16(17(23-2)10-15(12)19)20-14-3-6-21(7-4-14)18(22)13-5-8-24-11-13/h5,8-11,14,20H,3-4,6-7H2,1-2H3. The number of rotatable bonds is 4. The minimum atomic E-state index is 0.0297. The molecule has 6 heteroatoms. The Labute approximate surface area is 146 Å². The Hall–Kier alpha value is -2.14. The van der Waals surface area contributed by atoms with Gasteiger partial charge in [-0.25, -0.2) is 0 Å². The molecule has 0 saturated carbocycles. The van der Waals surface area contributed by atoms with Crippen LogP contribution < -0.4 is 10.1 Å². The number of hydrogen-bond donors (Lipinski definition) is 1. The van der Waals surface area contributed by atoms with Crippen molar-refractivity contribution in [1.82, 2.24) is 4.90 Å². The molecule has 1 N–H and O–H groups in total. The van der Waals surface area contributed by atoms with E-state index in [1.165, 1.54) is 12.5 Å². The Morgan fingerprint density at radius 1 is 1.38 bits per heavy atom. The zero-order chi connectivity index (χ0) is 17.1. The minimum absolute atomic E-state index is 0.0297. The van der Waals surface area contributed by atoms with Gasteiger partial charge in [0.2, 0.25) is 0 Å². The molecule has 1 aromatic carbocycles. The van der Waals surface area contributed by atoms with Gasteiger partial charge in [-0.3, -0.25) is 4.79 Å². The summed E-state index contributed by atoms with van der Waals surface area (Å²) in [5, 5.41) is 4.22. The van der Waals surface area contributed by atoms with Gasteiger partial charge in [0.25, 0.3) is 5.91 Å². The van der Waals surface area contributed by atoms with Crippen molar-refractivity contribution in [2.24, 2.45) is 0 Å². The van der Waals surface area contributed by atoms with Crippen molar-refractivity contribution >= 4 is 23.2 Å². The molecule has 1 aliphatic rings. The number of hydrogen-bond acceptors (Lipinski definition) is 4. The number of nitrogens with zero attached hydrogens (tertiary/aromatic N) is 1. The zero-order valence-electron chi connectivity index (χ0n) is 13.8. The molecule has 24 heavy (non-hydrogen) atoms. The summed E-state index contributed by atoms with van der Waals surface area (Å²) in [4.78, 5) is 14.2. The van der Waals surface area contributed by atoms with Crippen molar-refractivity contribution in [3.05, 3.63) is 46.9 Å². The Morgan fingerprint density at radius 3 is 2.75 bits per heavy atom. The molecule has 3 rings (SSSR count). The Kier molecular flexibility index (Phi) is 5.00. The second-order valence-corrected chi connectivity index (χ2v) is 6.43. The van der Waals surface area contributed by atoms with Gasteiger partial charge >= 0.3 is 0 Å². The third-order valence-electron chi connectivity index (χ3n) is 4.39. The fourth-order valence-electron chi connectivity index (χ4n) is 2.96. The van der Waals surface area contributed by atoms with Gasteiger partial charge in [0, 0.05) is 30.2 Å². The highest BCUT2D eigenvalue weighted by molar-refractivity contribution is 6.31. The van der Waals surface area contributed by atoms with Gasteiger partial charge in [0.05, 0.1) is 24.6 Å².